The van der Waals surface area contributed by atoms with Gasteiger partial charge in [0.25, 0.3) is 0 Å². The third-order valence-corrected chi connectivity index (χ3v) is 3.62. The summed E-state index contributed by atoms with van der Waals surface area (Å²) in [7, 11) is 0. The Morgan fingerprint density at radius 3 is 2.71 bits per heavy atom. The normalized spacial score (nSPS) is 21.0. The van der Waals surface area contributed by atoms with Crippen LogP contribution in [0.1, 0.15) is 11.6 Å². The van der Waals surface area contributed by atoms with Crippen LogP contribution in [0.15, 0.2) is 23.2 Å². The minimum absolute atomic E-state index is 0.120. The van der Waals surface area contributed by atoms with Gasteiger partial charge in [0, 0.05) is 5.75 Å². The molecule has 0 amide bonds. The minimum Gasteiger partial charge on any atom is -0.379 e. The van der Waals surface area contributed by atoms with E-state index in [-0.39, 0.29) is 6.04 Å². The molecule has 0 aliphatic carbocycles. The maximum Gasteiger partial charge on any atom is 0.154 e. The summed E-state index contributed by atoms with van der Waals surface area (Å²) >= 11 is 13.3. The predicted octanol–water partition coefficient (Wildman–Crippen LogP) is 3.10. The highest BCUT2D eigenvalue weighted by Crippen LogP contribution is 2.32. The average molecular weight is 247 g/mol. The smallest absolute Gasteiger partial charge is 0.154 e. The molecule has 2 N–H and O–H groups in total. The lowest BCUT2D eigenvalue weighted by atomic mass is 10.1. The highest BCUT2D eigenvalue weighted by Gasteiger charge is 2.18. The van der Waals surface area contributed by atoms with Crippen LogP contribution in [0.3, 0.4) is 0 Å². The van der Waals surface area contributed by atoms with Crippen LogP contribution in [-0.4, -0.2) is 10.9 Å². The third-order valence-electron chi connectivity index (χ3n) is 2.00. The fourth-order valence-electron chi connectivity index (χ4n) is 1.28. The van der Waals surface area contributed by atoms with E-state index in [0.29, 0.717) is 15.2 Å². The lowest BCUT2D eigenvalue weighted by Crippen LogP contribution is -2.01. The summed E-state index contributed by atoms with van der Waals surface area (Å²) in [5.74, 6) is 0.879. The number of hydrogen-bond acceptors (Lipinski definition) is 3. The summed E-state index contributed by atoms with van der Waals surface area (Å²) in [6, 6.07) is 5.68. The van der Waals surface area contributed by atoms with Crippen LogP contribution < -0.4 is 5.73 Å². The summed E-state index contributed by atoms with van der Waals surface area (Å²) in [5.41, 5.74) is 6.65. The Hall–Kier alpha value is -0.380. The number of amidine groups is 1. The number of benzene rings is 1. The highest BCUT2D eigenvalue weighted by atomic mass is 35.5. The molecule has 1 unspecified atom stereocenters. The standard InChI is InChI=1S/C9H8Cl2N2S/c10-6-2-1-5(3-7(6)11)8-4-14-9(12)13-8/h1-3,8H,4H2,(H2,12,13). The predicted molar refractivity (Wildman–Crippen MR) is 63.3 cm³/mol. The molecule has 1 heterocycles. The van der Waals surface area contributed by atoms with Gasteiger partial charge in [0.05, 0.1) is 16.1 Å². The second-order valence-corrected chi connectivity index (χ2v) is 4.82. The van der Waals surface area contributed by atoms with Crippen molar-refractivity contribution < 1.29 is 0 Å². The molecule has 2 rings (SSSR count). The Bertz CT molecular complexity index is 392. The van der Waals surface area contributed by atoms with Crippen LogP contribution in [-0.2, 0) is 0 Å². The van der Waals surface area contributed by atoms with Crippen molar-refractivity contribution in [2.24, 2.45) is 10.7 Å². The molecule has 0 saturated heterocycles. The lowest BCUT2D eigenvalue weighted by molar-refractivity contribution is 0.848. The number of aliphatic imine (C=N–C) groups is 1. The molecule has 0 bridgehead atoms. The molecule has 1 aromatic carbocycles. The number of thioether (sulfide) groups is 1. The van der Waals surface area contributed by atoms with E-state index < -0.39 is 0 Å². The van der Waals surface area contributed by atoms with Gasteiger partial charge in [-0.1, -0.05) is 41.0 Å². The molecule has 0 spiro atoms. The molecule has 1 aliphatic heterocycles. The average Bonchev–Trinajstić information content (AvgIpc) is 2.57. The van der Waals surface area contributed by atoms with Crippen molar-refractivity contribution in [3.05, 3.63) is 33.8 Å². The van der Waals surface area contributed by atoms with Gasteiger partial charge in [-0.15, -0.1) is 0 Å². The van der Waals surface area contributed by atoms with E-state index in [0.717, 1.165) is 11.3 Å². The van der Waals surface area contributed by atoms with Crippen molar-refractivity contribution in [1.29, 1.82) is 0 Å². The van der Waals surface area contributed by atoms with Gasteiger partial charge in [-0.3, -0.25) is 4.99 Å². The minimum atomic E-state index is 0.120. The van der Waals surface area contributed by atoms with E-state index >= 15 is 0 Å². The molecule has 1 atom stereocenters. The monoisotopic (exact) mass is 246 g/mol. The maximum absolute atomic E-state index is 5.91. The summed E-state index contributed by atoms with van der Waals surface area (Å²) in [5, 5.41) is 1.77. The quantitative estimate of drug-likeness (QED) is 0.828. The molecule has 0 aromatic heterocycles. The van der Waals surface area contributed by atoms with Crippen molar-refractivity contribution >= 4 is 40.1 Å². The van der Waals surface area contributed by atoms with Crippen molar-refractivity contribution in [2.45, 2.75) is 6.04 Å². The van der Waals surface area contributed by atoms with Gasteiger partial charge < -0.3 is 5.73 Å². The first-order valence-corrected chi connectivity index (χ1v) is 5.82. The van der Waals surface area contributed by atoms with Crippen molar-refractivity contribution in [1.82, 2.24) is 0 Å². The second kappa shape index (κ2) is 4.01. The lowest BCUT2D eigenvalue weighted by Gasteiger charge is -2.06. The zero-order valence-corrected chi connectivity index (χ0v) is 9.53. The summed E-state index contributed by atoms with van der Waals surface area (Å²) < 4.78 is 0. The fourth-order valence-corrected chi connectivity index (χ4v) is 2.39. The van der Waals surface area contributed by atoms with Gasteiger partial charge in [-0.05, 0) is 17.7 Å². The summed E-state index contributed by atoms with van der Waals surface area (Å²) in [6.45, 7) is 0. The molecule has 14 heavy (non-hydrogen) atoms. The first-order chi connectivity index (χ1) is 6.66. The molecule has 0 radical (unpaired) electrons. The van der Waals surface area contributed by atoms with Crippen LogP contribution in [0.4, 0.5) is 0 Å². The molecule has 0 saturated carbocycles. The van der Waals surface area contributed by atoms with E-state index in [1.54, 1.807) is 17.8 Å². The number of nitrogens with two attached hydrogens (primary N) is 1. The Kier molecular flexibility index (Phi) is 2.91. The largest absolute Gasteiger partial charge is 0.379 e. The number of halogens is 2. The van der Waals surface area contributed by atoms with Crippen LogP contribution in [0, 0.1) is 0 Å². The third kappa shape index (κ3) is 2.00. The van der Waals surface area contributed by atoms with Crippen LogP contribution in [0.25, 0.3) is 0 Å². The Morgan fingerprint density at radius 1 is 1.36 bits per heavy atom. The zero-order valence-electron chi connectivity index (χ0n) is 7.21. The topological polar surface area (TPSA) is 38.4 Å². The van der Waals surface area contributed by atoms with E-state index in [2.05, 4.69) is 4.99 Å². The first-order valence-electron chi connectivity index (χ1n) is 4.08. The molecule has 1 aliphatic rings. The van der Waals surface area contributed by atoms with E-state index in [9.17, 15) is 0 Å². The van der Waals surface area contributed by atoms with E-state index in [1.165, 1.54) is 0 Å². The molecule has 0 fully saturated rings. The number of hydrogen-bond donors (Lipinski definition) is 1. The number of nitrogens with zero attached hydrogens (tertiary/aromatic N) is 1. The fraction of sp³-hybridized carbons (Fsp3) is 0.222. The van der Waals surface area contributed by atoms with Crippen molar-refractivity contribution in [3.8, 4) is 0 Å². The van der Waals surface area contributed by atoms with Gasteiger partial charge in [0.1, 0.15) is 0 Å². The van der Waals surface area contributed by atoms with Crippen LogP contribution in [0.5, 0.6) is 0 Å². The highest BCUT2D eigenvalue weighted by molar-refractivity contribution is 8.14. The molecule has 5 heteroatoms. The van der Waals surface area contributed by atoms with Crippen LogP contribution >= 0.6 is 35.0 Å². The van der Waals surface area contributed by atoms with Gasteiger partial charge in [-0.25, -0.2) is 0 Å². The first kappa shape index (κ1) is 10.1. The molecule has 2 nitrogen and oxygen atoms in total. The second-order valence-electron chi connectivity index (χ2n) is 2.97. The SMILES string of the molecule is NC1=NC(c2ccc(Cl)c(Cl)c2)CS1. The van der Waals surface area contributed by atoms with Crippen LogP contribution in [0.2, 0.25) is 10.0 Å². The summed E-state index contributed by atoms with van der Waals surface area (Å²) in [6.07, 6.45) is 0. The van der Waals surface area contributed by atoms with Crippen molar-refractivity contribution in [3.63, 3.8) is 0 Å². The Balaban J connectivity index is 2.29. The zero-order chi connectivity index (χ0) is 10.1. The van der Waals surface area contributed by atoms with Gasteiger partial charge >= 0.3 is 0 Å². The Morgan fingerprint density at radius 2 is 2.14 bits per heavy atom. The molecular weight excluding hydrogens is 239 g/mol. The Labute approximate surface area is 96.5 Å². The van der Waals surface area contributed by atoms with E-state index in [4.69, 9.17) is 28.9 Å². The van der Waals surface area contributed by atoms with Gasteiger partial charge in [0.15, 0.2) is 5.17 Å². The van der Waals surface area contributed by atoms with Gasteiger partial charge in [-0.2, -0.15) is 0 Å². The summed E-state index contributed by atoms with van der Waals surface area (Å²) in [4.78, 5) is 4.29. The molecule has 1 aromatic rings. The van der Waals surface area contributed by atoms with Crippen molar-refractivity contribution in [2.75, 3.05) is 5.75 Å². The molecular formula is C9H8Cl2N2S. The molecule has 74 valence electrons. The van der Waals surface area contributed by atoms with E-state index in [1.807, 2.05) is 12.1 Å². The maximum atomic E-state index is 5.91. The number of rotatable bonds is 1. The van der Waals surface area contributed by atoms with Gasteiger partial charge in [0.2, 0.25) is 0 Å².